The lowest BCUT2D eigenvalue weighted by Gasteiger charge is -2.12. The Labute approximate surface area is 161 Å². The van der Waals surface area contributed by atoms with E-state index in [2.05, 4.69) is 10.6 Å². The number of aliphatic carboxylic acids is 1. The molecule has 140 valence electrons. The van der Waals surface area contributed by atoms with Gasteiger partial charge in [-0.05, 0) is 50.2 Å². The third-order valence-electron chi connectivity index (χ3n) is 3.53. The van der Waals surface area contributed by atoms with Gasteiger partial charge in [-0.3, -0.25) is 9.59 Å². The molecule has 0 aromatic heterocycles. The fourth-order valence-corrected chi connectivity index (χ4v) is 2.94. The van der Waals surface area contributed by atoms with Gasteiger partial charge in [-0.2, -0.15) is 0 Å². The highest BCUT2D eigenvalue weighted by molar-refractivity contribution is 8.00. The van der Waals surface area contributed by atoms with Crippen LogP contribution in [0.2, 0.25) is 0 Å². The topological polar surface area (TPSA) is 95.5 Å². The summed E-state index contributed by atoms with van der Waals surface area (Å²) in [6.45, 7) is 3.17. The SMILES string of the molecule is C/C(=C/C(=O)Nc1ccc(S[C@H](C)C(=O)Nc2ccccc2)cc1)C(=O)O. The molecular weight excluding hydrogens is 364 g/mol. The summed E-state index contributed by atoms with van der Waals surface area (Å²) < 4.78 is 0. The van der Waals surface area contributed by atoms with Crippen LogP contribution in [-0.4, -0.2) is 28.1 Å². The second-order valence-electron chi connectivity index (χ2n) is 5.76. The Bertz CT molecular complexity index is 848. The van der Waals surface area contributed by atoms with Gasteiger partial charge in [-0.15, -0.1) is 11.8 Å². The largest absolute Gasteiger partial charge is 0.478 e. The number of rotatable bonds is 7. The Morgan fingerprint density at radius 3 is 2.15 bits per heavy atom. The molecule has 2 rings (SSSR count). The molecule has 0 aliphatic heterocycles. The van der Waals surface area contributed by atoms with Gasteiger partial charge in [0, 0.05) is 27.9 Å². The Kier molecular flexibility index (Phi) is 7.19. The highest BCUT2D eigenvalue weighted by Gasteiger charge is 2.14. The minimum Gasteiger partial charge on any atom is -0.478 e. The first kappa shape index (κ1) is 20.3. The number of thioether (sulfide) groups is 1. The van der Waals surface area contributed by atoms with E-state index >= 15 is 0 Å². The number of carboxylic acid groups (broad SMARTS) is 1. The Morgan fingerprint density at radius 1 is 0.963 bits per heavy atom. The average Bonchev–Trinajstić information content (AvgIpc) is 2.64. The van der Waals surface area contributed by atoms with Crippen molar-refractivity contribution in [3.8, 4) is 0 Å². The van der Waals surface area contributed by atoms with E-state index in [1.165, 1.54) is 18.7 Å². The minimum absolute atomic E-state index is 0.0436. The molecule has 0 aliphatic rings. The summed E-state index contributed by atoms with van der Waals surface area (Å²) in [5.41, 5.74) is 1.25. The molecule has 0 unspecified atom stereocenters. The lowest BCUT2D eigenvalue weighted by atomic mass is 10.2. The summed E-state index contributed by atoms with van der Waals surface area (Å²) in [4.78, 5) is 35.6. The number of carbonyl (C=O) groups excluding carboxylic acids is 2. The van der Waals surface area contributed by atoms with Gasteiger partial charge in [-0.25, -0.2) is 4.79 Å². The quantitative estimate of drug-likeness (QED) is 0.499. The van der Waals surface area contributed by atoms with Crippen LogP contribution in [0.15, 0.2) is 71.1 Å². The molecule has 0 saturated heterocycles. The van der Waals surface area contributed by atoms with Crippen molar-refractivity contribution >= 4 is 40.9 Å². The summed E-state index contributed by atoms with van der Waals surface area (Å²) >= 11 is 1.40. The third-order valence-corrected chi connectivity index (χ3v) is 4.64. The lowest BCUT2D eigenvalue weighted by molar-refractivity contribution is -0.132. The van der Waals surface area contributed by atoms with Crippen molar-refractivity contribution in [3.05, 3.63) is 66.2 Å². The van der Waals surface area contributed by atoms with Gasteiger partial charge < -0.3 is 15.7 Å². The van der Waals surface area contributed by atoms with E-state index in [1.807, 2.05) is 37.3 Å². The molecule has 2 aromatic rings. The fraction of sp³-hybridized carbons (Fsp3) is 0.150. The zero-order valence-electron chi connectivity index (χ0n) is 14.9. The smallest absolute Gasteiger partial charge is 0.331 e. The molecule has 0 spiro atoms. The average molecular weight is 384 g/mol. The Hall–Kier alpha value is -3.06. The van der Waals surface area contributed by atoms with Gasteiger partial charge >= 0.3 is 5.97 Å². The number of carbonyl (C=O) groups is 3. The second-order valence-corrected chi connectivity index (χ2v) is 7.18. The Morgan fingerprint density at radius 2 is 1.56 bits per heavy atom. The highest BCUT2D eigenvalue weighted by atomic mass is 32.2. The normalized spacial score (nSPS) is 12.1. The summed E-state index contributed by atoms with van der Waals surface area (Å²) in [6.07, 6.45) is 1.03. The number of benzene rings is 2. The van der Waals surface area contributed by atoms with Gasteiger partial charge in [-0.1, -0.05) is 18.2 Å². The number of nitrogens with one attached hydrogen (secondary N) is 2. The van der Waals surface area contributed by atoms with Crippen molar-refractivity contribution in [2.75, 3.05) is 10.6 Å². The number of anilines is 2. The Balaban J connectivity index is 1.91. The number of amides is 2. The third kappa shape index (κ3) is 6.63. The second kappa shape index (κ2) is 9.59. The molecule has 0 saturated carbocycles. The fourth-order valence-electron chi connectivity index (χ4n) is 2.08. The van der Waals surface area contributed by atoms with Crippen LogP contribution in [0.3, 0.4) is 0 Å². The first-order valence-corrected chi connectivity index (χ1v) is 9.08. The molecule has 2 aromatic carbocycles. The molecule has 0 bridgehead atoms. The van der Waals surface area contributed by atoms with Gasteiger partial charge in [0.1, 0.15) is 0 Å². The predicted octanol–water partition coefficient (Wildman–Crippen LogP) is 3.78. The molecule has 0 fully saturated rings. The van der Waals surface area contributed by atoms with Crippen LogP contribution in [0.1, 0.15) is 13.8 Å². The maximum atomic E-state index is 12.2. The van der Waals surface area contributed by atoms with Crippen molar-refractivity contribution < 1.29 is 19.5 Å². The van der Waals surface area contributed by atoms with E-state index in [0.717, 1.165) is 16.7 Å². The van der Waals surface area contributed by atoms with Crippen molar-refractivity contribution in [1.29, 1.82) is 0 Å². The van der Waals surface area contributed by atoms with E-state index in [-0.39, 0.29) is 16.7 Å². The highest BCUT2D eigenvalue weighted by Crippen LogP contribution is 2.25. The van der Waals surface area contributed by atoms with Crippen LogP contribution >= 0.6 is 11.8 Å². The van der Waals surface area contributed by atoms with Gasteiger partial charge in [0.2, 0.25) is 11.8 Å². The zero-order chi connectivity index (χ0) is 19.8. The summed E-state index contributed by atoms with van der Waals surface area (Å²) in [6, 6.07) is 16.2. The van der Waals surface area contributed by atoms with Gasteiger partial charge in [0.05, 0.1) is 5.25 Å². The van der Waals surface area contributed by atoms with Gasteiger partial charge in [0.25, 0.3) is 0 Å². The van der Waals surface area contributed by atoms with Crippen molar-refractivity contribution in [1.82, 2.24) is 0 Å². The maximum absolute atomic E-state index is 12.2. The molecule has 2 amide bonds. The number of carboxylic acids is 1. The maximum Gasteiger partial charge on any atom is 0.331 e. The minimum atomic E-state index is -1.14. The van der Waals surface area contributed by atoms with Crippen molar-refractivity contribution in [2.45, 2.75) is 24.0 Å². The summed E-state index contributed by atoms with van der Waals surface area (Å²) in [5.74, 6) is -1.75. The number of hydrogen-bond donors (Lipinski definition) is 3. The summed E-state index contributed by atoms with van der Waals surface area (Å²) in [7, 11) is 0. The van der Waals surface area contributed by atoms with Crippen LogP contribution in [0.25, 0.3) is 0 Å². The first-order chi connectivity index (χ1) is 12.8. The predicted molar refractivity (Wildman–Crippen MR) is 107 cm³/mol. The van der Waals surface area contributed by atoms with Gasteiger partial charge in [0.15, 0.2) is 0 Å². The molecule has 6 nitrogen and oxygen atoms in total. The van der Waals surface area contributed by atoms with E-state index in [4.69, 9.17) is 5.11 Å². The molecule has 0 radical (unpaired) electrons. The van der Waals surface area contributed by atoms with E-state index in [9.17, 15) is 14.4 Å². The molecule has 0 heterocycles. The van der Waals surface area contributed by atoms with Crippen LogP contribution in [0.5, 0.6) is 0 Å². The first-order valence-electron chi connectivity index (χ1n) is 8.20. The van der Waals surface area contributed by atoms with E-state index in [1.54, 1.807) is 24.3 Å². The van der Waals surface area contributed by atoms with Crippen LogP contribution in [-0.2, 0) is 14.4 Å². The standard InChI is InChI=1S/C20H20N2O4S/c1-13(20(25)26)12-18(23)21-16-8-10-17(11-9-16)27-14(2)19(24)22-15-6-4-3-5-7-15/h3-12,14H,1-2H3,(H,21,23)(H,22,24)(H,25,26)/b13-12-/t14-/m1/s1. The van der Waals surface area contributed by atoms with Crippen LogP contribution < -0.4 is 10.6 Å². The van der Waals surface area contributed by atoms with Crippen LogP contribution in [0.4, 0.5) is 11.4 Å². The van der Waals surface area contributed by atoms with Crippen LogP contribution in [0, 0.1) is 0 Å². The molecule has 1 atom stereocenters. The molecule has 27 heavy (non-hydrogen) atoms. The molecule has 3 N–H and O–H groups in total. The van der Waals surface area contributed by atoms with E-state index in [0.29, 0.717) is 5.69 Å². The zero-order valence-corrected chi connectivity index (χ0v) is 15.7. The molecular formula is C20H20N2O4S. The van der Waals surface area contributed by atoms with Crippen molar-refractivity contribution in [2.24, 2.45) is 0 Å². The van der Waals surface area contributed by atoms with E-state index < -0.39 is 11.9 Å². The van der Waals surface area contributed by atoms with Crippen molar-refractivity contribution in [3.63, 3.8) is 0 Å². The monoisotopic (exact) mass is 384 g/mol. The number of hydrogen-bond acceptors (Lipinski definition) is 4. The summed E-state index contributed by atoms with van der Waals surface area (Å²) in [5, 5.41) is 13.9. The number of para-hydroxylation sites is 1. The molecule has 7 heteroatoms. The lowest BCUT2D eigenvalue weighted by Crippen LogP contribution is -2.22. The molecule has 0 aliphatic carbocycles.